The van der Waals surface area contributed by atoms with Crippen LogP contribution in [0.3, 0.4) is 0 Å². The smallest absolute Gasteiger partial charge is 0.321 e. The lowest BCUT2D eigenvalue weighted by Crippen LogP contribution is -2.43. The zero-order chi connectivity index (χ0) is 27.6. The Hall–Kier alpha value is -4.19. The number of aromatic nitrogens is 4. The second kappa shape index (κ2) is 10.9. The molecule has 1 aromatic carbocycles. The number of thiazole rings is 1. The highest BCUT2D eigenvalue weighted by atomic mass is 32.1. The number of hydrogen-bond donors (Lipinski definition) is 3. The van der Waals surface area contributed by atoms with Crippen LogP contribution in [0.25, 0.3) is 32.6 Å². The first-order chi connectivity index (χ1) is 18.8. The number of urea groups is 1. The number of piperidine rings is 1. The molecular weight excluding hydrogens is 521 g/mol. The summed E-state index contributed by atoms with van der Waals surface area (Å²) in [5.41, 5.74) is 3.45. The fourth-order valence-electron chi connectivity index (χ4n) is 4.46. The molecule has 1 aliphatic rings. The number of benzene rings is 1. The number of nitrogens with one attached hydrogen (secondary N) is 2. The number of pyridine rings is 1. The maximum atomic E-state index is 13.1. The van der Waals surface area contributed by atoms with Crippen molar-refractivity contribution in [1.29, 1.82) is 0 Å². The topological polar surface area (TPSA) is 133 Å². The molecule has 0 spiro atoms. The van der Waals surface area contributed by atoms with Gasteiger partial charge in [0.05, 0.1) is 21.3 Å². The molecule has 0 radical (unpaired) electrons. The van der Waals surface area contributed by atoms with Crippen LogP contribution in [-0.2, 0) is 11.5 Å². The number of carbonyl (C=O) groups is 2. The van der Waals surface area contributed by atoms with E-state index in [1.165, 1.54) is 17.5 Å². The Kier molecular flexibility index (Phi) is 7.38. The first kappa shape index (κ1) is 26.4. The van der Waals surface area contributed by atoms with Crippen molar-refractivity contribution in [3.05, 3.63) is 48.4 Å². The van der Waals surface area contributed by atoms with Gasteiger partial charge < -0.3 is 15.3 Å². The molecule has 3 aromatic heterocycles. The van der Waals surface area contributed by atoms with Crippen molar-refractivity contribution in [2.24, 2.45) is 5.41 Å². The average Bonchev–Trinajstić information content (AvgIpc) is 3.35. The minimum absolute atomic E-state index is 0.339. The molecule has 4 heterocycles. The van der Waals surface area contributed by atoms with E-state index in [9.17, 15) is 19.1 Å². The van der Waals surface area contributed by atoms with Gasteiger partial charge in [-0.05, 0) is 50.5 Å². The average molecular weight is 550 g/mol. The summed E-state index contributed by atoms with van der Waals surface area (Å²) in [7, 11) is 0. The molecule has 10 nitrogen and oxygen atoms in total. The van der Waals surface area contributed by atoms with Gasteiger partial charge in [0.25, 0.3) is 0 Å². The summed E-state index contributed by atoms with van der Waals surface area (Å²) in [6.07, 6.45) is 6.03. The molecule has 5 rings (SSSR count). The number of carbonyl (C=O) groups excluding carboxylic acids is 1. The number of alkyl halides is 1. The van der Waals surface area contributed by atoms with E-state index in [-0.39, 0.29) is 6.03 Å². The Morgan fingerprint density at radius 3 is 2.46 bits per heavy atom. The molecule has 0 saturated carbocycles. The molecule has 4 aromatic rings. The van der Waals surface area contributed by atoms with Gasteiger partial charge in [-0.2, -0.15) is 0 Å². The lowest BCUT2D eigenvalue weighted by molar-refractivity contribution is -0.149. The molecule has 3 N–H and O–H groups in total. The Morgan fingerprint density at radius 2 is 1.85 bits per heavy atom. The number of hydrogen-bond acceptors (Lipinski definition) is 8. The summed E-state index contributed by atoms with van der Waals surface area (Å²) in [4.78, 5) is 43.9. The Bertz CT molecular complexity index is 1500. The zero-order valence-electron chi connectivity index (χ0n) is 21.6. The Balaban J connectivity index is 1.48. The number of rotatable bonds is 7. The van der Waals surface area contributed by atoms with E-state index < -0.39 is 18.1 Å². The lowest BCUT2D eigenvalue weighted by atomic mass is 9.80. The predicted molar refractivity (Wildman–Crippen MR) is 149 cm³/mol. The van der Waals surface area contributed by atoms with Crippen LogP contribution in [0.2, 0.25) is 0 Å². The molecule has 1 fully saturated rings. The highest BCUT2D eigenvalue weighted by Gasteiger charge is 2.37. The van der Waals surface area contributed by atoms with Crippen molar-refractivity contribution in [2.75, 3.05) is 29.9 Å². The molecule has 0 atom stereocenters. The van der Waals surface area contributed by atoms with Gasteiger partial charge in [0, 0.05) is 54.9 Å². The molecule has 1 aliphatic heterocycles. The van der Waals surface area contributed by atoms with E-state index in [4.69, 9.17) is 0 Å². The Labute approximate surface area is 228 Å². The number of nitrogens with zero attached hydrogens (tertiary/aromatic N) is 5. The lowest BCUT2D eigenvalue weighted by Gasteiger charge is -2.36. The van der Waals surface area contributed by atoms with Crippen LogP contribution in [0.5, 0.6) is 0 Å². The number of fused-ring (bicyclic) bond motifs is 1. The zero-order valence-corrected chi connectivity index (χ0v) is 22.4. The molecule has 1 saturated heterocycles. The molecule has 0 aliphatic carbocycles. The van der Waals surface area contributed by atoms with Crippen molar-refractivity contribution >= 4 is 44.6 Å². The van der Waals surface area contributed by atoms with Gasteiger partial charge in [-0.1, -0.05) is 17.4 Å². The van der Waals surface area contributed by atoms with Crippen molar-refractivity contribution in [3.8, 4) is 22.4 Å². The third-order valence-corrected chi connectivity index (χ3v) is 7.96. The summed E-state index contributed by atoms with van der Waals surface area (Å²) in [6.45, 7) is 4.64. The van der Waals surface area contributed by atoms with Crippen LogP contribution in [0.15, 0.2) is 42.9 Å². The van der Waals surface area contributed by atoms with Crippen molar-refractivity contribution in [2.45, 2.75) is 33.4 Å². The highest BCUT2D eigenvalue weighted by Crippen LogP contribution is 2.38. The van der Waals surface area contributed by atoms with Crippen LogP contribution < -0.4 is 15.5 Å². The van der Waals surface area contributed by atoms with Crippen LogP contribution in [0.1, 0.15) is 32.3 Å². The maximum absolute atomic E-state index is 13.1. The van der Waals surface area contributed by atoms with Crippen LogP contribution >= 0.6 is 11.3 Å². The van der Waals surface area contributed by atoms with Crippen LogP contribution in [-0.4, -0.2) is 56.7 Å². The number of halogens is 1. The van der Waals surface area contributed by atoms with E-state index in [2.05, 4.69) is 30.6 Å². The summed E-state index contributed by atoms with van der Waals surface area (Å²) < 4.78 is 13.9. The summed E-state index contributed by atoms with van der Waals surface area (Å²) in [6, 6.07) is 7.00. The van der Waals surface area contributed by atoms with Crippen molar-refractivity contribution < 1.29 is 19.1 Å². The number of anilines is 2. The molecule has 12 heteroatoms. The van der Waals surface area contributed by atoms with Gasteiger partial charge in [0.2, 0.25) is 5.95 Å². The highest BCUT2D eigenvalue weighted by molar-refractivity contribution is 7.22. The van der Waals surface area contributed by atoms with Gasteiger partial charge in [0.1, 0.15) is 6.67 Å². The summed E-state index contributed by atoms with van der Waals surface area (Å²) >= 11 is 1.33. The van der Waals surface area contributed by atoms with Crippen LogP contribution in [0, 0.1) is 5.41 Å². The number of aliphatic carboxylic acids is 1. The minimum Gasteiger partial charge on any atom is -0.481 e. The fraction of sp³-hybridized carbons (Fsp3) is 0.333. The van der Waals surface area contributed by atoms with E-state index in [0.717, 1.165) is 21.4 Å². The second-order valence-electron chi connectivity index (χ2n) is 9.69. The van der Waals surface area contributed by atoms with Gasteiger partial charge in [0.15, 0.2) is 5.13 Å². The molecular formula is C27H28FN7O3S. The predicted octanol–water partition coefficient (Wildman–Crippen LogP) is 5.12. The van der Waals surface area contributed by atoms with E-state index in [1.807, 2.05) is 24.0 Å². The summed E-state index contributed by atoms with van der Waals surface area (Å²) in [5.74, 6) is -0.220. The maximum Gasteiger partial charge on any atom is 0.321 e. The number of carboxylic acid groups (broad SMARTS) is 1. The standard InChI is InChI=1S/C27H28FN7O3S/c1-3-29-25(38)34-26-33-21-11-17(10-19(22(21)39-26)20-5-4-16(12-28)13-30-20)18-14-31-24(32-15-18)35-8-6-27(2,7-9-35)23(36)37/h4-5,10-11,13-15H,3,6-9,12H2,1-2H3,(H,36,37)(H2,29,33,34,38). The van der Waals surface area contributed by atoms with Gasteiger partial charge >= 0.3 is 12.0 Å². The number of amides is 2. The monoisotopic (exact) mass is 549 g/mol. The molecule has 2 amide bonds. The third kappa shape index (κ3) is 5.51. The van der Waals surface area contributed by atoms with Gasteiger partial charge in [-0.3, -0.25) is 15.1 Å². The van der Waals surface area contributed by atoms with Crippen molar-refractivity contribution in [1.82, 2.24) is 25.3 Å². The van der Waals surface area contributed by atoms with Gasteiger partial charge in [-0.25, -0.2) is 24.1 Å². The first-order valence-electron chi connectivity index (χ1n) is 12.6. The van der Waals surface area contributed by atoms with E-state index in [0.29, 0.717) is 60.3 Å². The SMILES string of the molecule is CCNC(=O)Nc1nc2cc(-c3cnc(N4CCC(C)(C(=O)O)CC4)nc3)cc(-c3ccc(CF)cn3)c2s1. The van der Waals surface area contributed by atoms with E-state index >= 15 is 0 Å². The summed E-state index contributed by atoms with van der Waals surface area (Å²) in [5, 5.41) is 15.4. The largest absolute Gasteiger partial charge is 0.481 e. The quantitative estimate of drug-likeness (QED) is 0.289. The first-order valence-corrected chi connectivity index (χ1v) is 13.4. The van der Waals surface area contributed by atoms with Crippen molar-refractivity contribution in [3.63, 3.8) is 0 Å². The van der Waals surface area contributed by atoms with E-state index in [1.54, 1.807) is 31.5 Å². The van der Waals surface area contributed by atoms with Gasteiger partial charge in [-0.15, -0.1) is 0 Å². The second-order valence-corrected chi connectivity index (χ2v) is 10.7. The third-order valence-electron chi connectivity index (χ3n) is 6.94. The molecule has 0 unspecified atom stereocenters. The minimum atomic E-state index is -0.773. The van der Waals surface area contributed by atoms with Crippen LogP contribution in [0.4, 0.5) is 20.3 Å². The molecule has 0 bridgehead atoms. The Morgan fingerprint density at radius 1 is 1.10 bits per heavy atom. The number of carboxylic acids is 1. The molecule has 39 heavy (non-hydrogen) atoms. The normalized spacial score (nSPS) is 14.8. The fourth-order valence-corrected chi connectivity index (χ4v) is 5.42. The molecule has 202 valence electrons.